The van der Waals surface area contributed by atoms with Crippen LogP contribution in [0.1, 0.15) is 5.56 Å². The van der Waals surface area contributed by atoms with Crippen molar-refractivity contribution in [3.05, 3.63) is 50.5 Å². The van der Waals surface area contributed by atoms with Gasteiger partial charge >= 0.3 is 0 Å². The van der Waals surface area contributed by atoms with Crippen LogP contribution in [0.4, 0.5) is 4.39 Å². The van der Waals surface area contributed by atoms with E-state index >= 15 is 0 Å². The molecule has 0 saturated carbocycles. The summed E-state index contributed by atoms with van der Waals surface area (Å²) in [6, 6.07) is 7.33. The van der Waals surface area contributed by atoms with E-state index in [9.17, 15) is 9.18 Å². The van der Waals surface area contributed by atoms with Gasteiger partial charge in [-0.05, 0) is 18.2 Å². The Morgan fingerprint density at radius 3 is 2.83 bits per heavy atom. The van der Waals surface area contributed by atoms with E-state index in [1.165, 1.54) is 19.2 Å². The van der Waals surface area contributed by atoms with Crippen molar-refractivity contribution in [3.8, 4) is 17.3 Å². The lowest BCUT2D eigenvalue weighted by molar-refractivity contribution is 0.627. The molecule has 0 aliphatic heterocycles. The minimum Gasteiger partial charge on any atom is -0.268 e. The summed E-state index contributed by atoms with van der Waals surface area (Å²) in [7, 11) is 1.45. The number of nitrogens with zero attached hydrogens (tertiary/aromatic N) is 3. The highest BCUT2D eigenvalue weighted by molar-refractivity contribution is 9.10. The predicted octanol–water partition coefficient (Wildman–Crippen LogP) is 2.22. The maximum absolute atomic E-state index is 13.7. The first-order valence-corrected chi connectivity index (χ1v) is 5.76. The van der Waals surface area contributed by atoms with Crippen molar-refractivity contribution in [2.75, 3.05) is 0 Å². The molecule has 4 nitrogen and oxygen atoms in total. The van der Waals surface area contributed by atoms with E-state index in [2.05, 4.69) is 21.0 Å². The van der Waals surface area contributed by atoms with Gasteiger partial charge in [-0.25, -0.2) is 9.07 Å². The van der Waals surface area contributed by atoms with Crippen molar-refractivity contribution < 1.29 is 4.39 Å². The molecule has 0 amide bonds. The Balaban J connectivity index is 2.79. The van der Waals surface area contributed by atoms with Crippen LogP contribution in [-0.2, 0) is 7.05 Å². The van der Waals surface area contributed by atoms with Gasteiger partial charge in [-0.15, -0.1) is 0 Å². The van der Waals surface area contributed by atoms with Crippen molar-refractivity contribution in [1.82, 2.24) is 9.78 Å². The van der Waals surface area contributed by atoms with Crippen molar-refractivity contribution in [2.24, 2.45) is 7.05 Å². The molecule has 6 heteroatoms. The molecule has 0 fully saturated rings. The summed E-state index contributed by atoms with van der Waals surface area (Å²) in [6.45, 7) is 0. The van der Waals surface area contributed by atoms with E-state index in [0.29, 0.717) is 4.47 Å². The van der Waals surface area contributed by atoms with Gasteiger partial charge in [0.1, 0.15) is 17.6 Å². The van der Waals surface area contributed by atoms with Crippen molar-refractivity contribution in [1.29, 1.82) is 5.26 Å². The van der Waals surface area contributed by atoms with Crippen LogP contribution in [0.5, 0.6) is 0 Å². The van der Waals surface area contributed by atoms with Gasteiger partial charge in [0.2, 0.25) is 0 Å². The fraction of sp³-hybridized carbons (Fsp3) is 0.0833. The molecular formula is C12H7BrFN3O. The first-order chi connectivity index (χ1) is 8.52. The lowest BCUT2D eigenvalue weighted by Gasteiger charge is -2.06. The normalized spacial score (nSPS) is 10.1. The quantitative estimate of drug-likeness (QED) is 0.811. The molecule has 0 aliphatic carbocycles. The van der Waals surface area contributed by atoms with Crippen LogP contribution in [0.15, 0.2) is 33.5 Å². The smallest absolute Gasteiger partial charge is 0.267 e. The Kier molecular flexibility index (Phi) is 3.26. The fourth-order valence-electron chi connectivity index (χ4n) is 1.50. The number of hydrogen-bond acceptors (Lipinski definition) is 3. The molecule has 0 N–H and O–H groups in total. The molecule has 0 spiro atoms. The summed E-state index contributed by atoms with van der Waals surface area (Å²) in [4.78, 5) is 11.4. The third-order valence-corrected chi connectivity index (χ3v) is 2.89. The minimum atomic E-state index is -0.499. The number of aryl methyl sites for hydroxylation is 1. The molecule has 0 saturated heterocycles. The van der Waals surface area contributed by atoms with Crippen LogP contribution in [0.2, 0.25) is 0 Å². The summed E-state index contributed by atoms with van der Waals surface area (Å²) in [5, 5.41) is 12.9. The standard InChI is InChI=1S/C12H7BrFN3O/c1-17-11(18)4-7(6-15)12(16-17)9-5-8(13)2-3-10(9)14/h2-5H,1H3. The minimum absolute atomic E-state index is 0.0510. The van der Waals surface area contributed by atoms with Gasteiger partial charge < -0.3 is 0 Å². The highest BCUT2D eigenvalue weighted by atomic mass is 79.9. The molecule has 0 radical (unpaired) electrons. The van der Waals surface area contributed by atoms with Gasteiger partial charge in [0.05, 0.1) is 5.56 Å². The van der Waals surface area contributed by atoms with Crippen LogP contribution < -0.4 is 5.56 Å². The lowest BCUT2D eigenvalue weighted by Crippen LogP contribution is -2.20. The van der Waals surface area contributed by atoms with Gasteiger partial charge in [-0.2, -0.15) is 10.4 Å². The van der Waals surface area contributed by atoms with E-state index in [-0.39, 0.29) is 16.8 Å². The second-order valence-corrected chi connectivity index (χ2v) is 4.52. The van der Waals surface area contributed by atoms with Crippen molar-refractivity contribution >= 4 is 15.9 Å². The van der Waals surface area contributed by atoms with E-state index in [4.69, 9.17) is 5.26 Å². The number of hydrogen-bond donors (Lipinski definition) is 0. The van der Waals surface area contributed by atoms with Crippen LogP contribution in [0, 0.1) is 17.1 Å². The van der Waals surface area contributed by atoms with Crippen LogP contribution >= 0.6 is 15.9 Å². The third kappa shape index (κ3) is 2.17. The molecule has 18 heavy (non-hydrogen) atoms. The number of benzene rings is 1. The van der Waals surface area contributed by atoms with Gasteiger partial charge in [0.15, 0.2) is 0 Å². The molecular weight excluding hydrogens is 301 g/mol. The topological polar surface area (TPSA) is 58.7 Å². The van der Waals surface area contributed by atoms with Gasteiger partial charge in [0, 0.05) is 23.2 Å². The Morgan fingerprint density at radius 2 is 2.17 bits per heavy atom. The largest absolute Gasteiger partial charge is 0.268 e. The monoisotopic (exact) mass is 307 g/mol. The number of halogens is 2. The summed E-state index contributed by atoms with van der Waals surface area (Å²) in [6.07, 6.45) is 0. The zero-order valence-electron chi connectivity index (χ0n) is 9.32. The van der Waals surface area contributed by atoms with E-state index < -0.39 is 11.4 Å². The van der Waals surface area contributed by atoms with Gasteiger partial charge in [-0.3, -0.25) is 4.79 Å². The lowest BCUT2D eigenvalue weighted by atomic mass is 10.1. The number of rotatable bonds is 1. The highest BCUT2D eigenvalue weighted by Gasteiger charge is 2.14. The van der Waals surface area contributed by atoms with Crippen LogP contribution in [0.3, 0.4) is 0 Å². The molecule has 1 aromatic carbocycles. The van der Waals surface area contributed by atoms with Crippen molar-refractivity contribution in [2.45, 2.75) is 0 Å². The molecule has 0 unspecified atom stereocenters. The van der Waals surface area contributed by atoms with E-state index in [1.807, 2.05) is 6.07 Å². The summed E-state index contributed by atoms with van der Waals surface area (Å²) < 4.78 is 15.5. The maximum Gasteiger partial charge on any atom is 0.267 e. The molecule has 2 aromatic rings. The molecule has 1 aromatic heterocycles. The first-order valence-electron chi connectivity index (χ1n) is 4.97. The van der Waals surface area contributed by atoms with Crippen molar-refractivity contribution in [3.63, 3.8) is 0 Å². The Bertz CT molecular complexity index is 718. The van der Waals surface area contributed by atoms with Gasteiger partial charge in [-0.1, -0.05) is 15.9 Å². The van der Waals surface area contributed by atoms with Gasteiger partial charge in [0.25, 0.3) is 5.56 Å². The number of aromatic nitrogens is 2. The predicted molar refractivity (Wildman–Crippen MR) is 67.3 cm³/mol. The summed E-state index contributed by atoms with van der Waals surface area (Å²) in [5.41, 5.74) is -0.0317. The highest BCUT2D eigenvalue weighted by Crippen LogP contribution is 2.26. The molecule has 2 rings (SSSR count). The average Bonchev–Trinajstić information content (AvgIpc) is 2.35. The van der Waals surface area contributed by atoms with Crippen LogP contribution in [0.25, 0.3) is 11.3 Å². The first kappa shape index (κ1) is 12.5. The summed E-state index contributed by atoms with van der Waals surface area (Å²) >= 11 is 3.23. The Morgan fingerprint density at radius 1 is 1.44 bits per heavy atom. The molecule has 0 aliphatic rings. The maximum atomic E-state index is 13.7. The van der Waals surface area contributed by atoms with E-state index in [1.54, 1.807) is 6.07 Å². The summed E-state index contributed by atoms with van der Waals surface area (Å²) in [5.74, 6) is -0.499. The zero-order chi connectivity index (χ0) is 13.3. The Hall–Kier alpha value is -2.00. The Labute approximate surface area is 110 Å². The van der Waals surface area contributed by atoms with Crippen LogP contribution in [-0.4, -0.2) is 9.78 Å². The second-order valence-electron chi connectivity index (χ2n) is 3.60. The molecule has 0 atom stereocenters. The molecule has 1 heterocycles. The zero-order valence-corrected chi connectivity index (χ0v) is 10.9. The molecule has 0 bridgehead atoms. The number of nitriles is 1. The van der Waals surface area contributed by atoms with E-state index in [0.717, 1.165) is 10.7 Å². The SMILES string of the molecule is Cn1nc(-c2cc(Br)ccc2F)c(C#N)cc1=O. The third-order valence-electron chi connectivity index (χ3n) is 2.40. The molecule has 90 valence electrons. The fourth-order valence-corrected chi connectivity index (χ4v) is 1.86. The average molecular weight is 308 g/mol. The second kappa shape index (κ2) is 4.70.